The van der Waals surface area contributed by atoms with Crippen molar-refractivity contribution in [2.75, 3.05) is 0 Å². The number of hydrogen-bond donors (Lipinski definition) is 0. The molecule has 14 heavy (non-hydrogen) atoms. The highest BCUT2D eigenvalue weighted by molar-refractivity contribution is 9.10. The molecular formula is C8H8BrN3O2. The average molecular weight is 258 g/mol. The van der Waals surface area contributed by atoms with Crippen LogP contribution in [0.3, 0.4) is 0 Å². The fraction of sp³-hybridized carbons (Fsp3) is 0.250. The minimum atomic E-state index is -0.0717. The third-order valence-electron chi connectivity index (χ3n) is 1.87. The Balaban J connectivity index is 2.27. The topological polar surface area (TPSA) is 53.0 Å². The number of hydrogen-bond acceptors (Lipinski definition) is 3. The molecule has 0 saturated carbocycles. The third-order valence-corrected chi connectivity index (χ3v) is 2.25. The van der Waals surface area contributed by atoms with Crippen LogP contribution in [0.5, 0.6) is 0 Å². The van der Waals surface area contributed by atoms with Crippen LogP contribution < -0.4 is 5.69 Å². The van der Waals surface area contributed by atoms with Gasteiger partial charge in [0.1, 0.15) is 4.60 Å². The van der Waals surface area contributed by atoms with Gasteiger partial charge in [-0.05, 0) is 15.9 Å². The molecule has 0 radical (unpaired) electrons. The molecule has 0 N–H and O–H groups in total. The molecule has 0 unspecified atom stereocenters. The zero-order valence-electron chi connectivity index (χ0n) is 7.48. The standard InChI is InChI=1S/C8H8BrN3O2/c1-11-2-3-12(8(11)13)5-6-4-7(9)10-14-6/h2-4H,5H2,1H3. The predicted octanol–water partition coefficient (Wildman–Crippen LogP) is 0.986. The van der Waals surface area contributed by atoms with E-state index < -0.39 is 0 Å². The molecule has 0 aromatic carbocycles. The molecule has 0 spiro atoms. The highest BCUT2D eigenvalue weighted by Crippen LogP contribution is 2.10. The molecule has 0 fully saturated rings. The molecule has 2 aromatic rings. The summed E-state index contributed by atoms with van der Waals surface area (Å²) in [7, 11) is 1.70. The largest absolute Gasteiger partial charge is 0.358 e. The molecule has 0 aliphatic heterocycles. The summed E-state index contributed by atoms with van der Waals surface area (Å²) in [6.45, 7) is 0.401. The van der Waals surface area contributed by atoms with Crippen molar-refractivity contribution in [1.29, 1.82) is 0 Å². The van der Waals surface area contributed by atoms with Gasteiger partial charge in [0.2, 0.25) is 0 Å². The smallest absolute Gasteiger partial charge is 0.328 e. The van der Waals surface area contributed by atoms with Crippen molar-refractivity contribution < 1.29 is 4.52 Å². The molecule has 2 heterocycles. The third kappa shape index (κ3) is 1.65. The maximum Gasteiger partial charge on any atom is 0.328 e. The summed E-state index contributed by atoms with van der Waals surface area (Å²) >= 11 is 3.17. The Morgan fingerprint density at radius 2 is 2.36 bits per heavy atom. The van der Waals surface area contributed by atoms with Gasteiger partial charge in [0.25, 0.3) is 0 Å². The van der Waals surface area contributed by atoms with Gasteiger partial charge in [-0.15, -0.1) is 0 Å². The molecule has 2 aromatic heterocycles. The SMILES string of the molecule is Cn1ccn(Cc2cc(Br)no2)c1=O. The fourth-order valence-corrected chi connectivity index (χ4v) is 1.49. The normalized spacial score (nSPS) is 10.7. The van der Waals surface area contributed by atoms with Crippen LogP contribution >= 0.6 is 15.9 Å². The lowest BCUT2D eigenvalue weighted by Crippen LogP contribution is -2.22. The predicted molar refractivity (Wildman–Crippen MR) is 53.0 cm³/mol. The van der Waals surface area contributed by atoms with Crippen LogP contribution in [0, 0.1) is 0 Å². The summed E-state index contributed by atoms with van der Waals surface area (Å²) in [6.07, 6.45) is 3.41. The Hall–Kier alpha value is -1.30. The number of aryl methyl sites for hydroxylation is 1. The number of rotatable bonds is 2. The summed E-state index contributed by atoms with van der Waals surface area (Å²) in [5, 5.41) is 3.67. The number of aromatic nitrogens is 3. The van der Waals surface area contributed by atoms with Gasteiger partial charge in [-0.2, -0.15) is 0 Å². The molecule has 0 amide bonds. The second-order valence-electron chi connectivity index (χ2n) is 2.94. The Morgan fingerprint density at radius 1 is 1.57 bits per heavy atom. The van der Waals surface area contributed by atoms with Crippen molar-refractivity contribution in [3.05, 3.63) is 39.3 Å². The molecular weight excluding hydrogens is 250 g/mol. The second-order valence-corrected chi connectivity index (χ2v) is 3.75. The Kier molecular flexibility index (Phi) is 2.28. The molecule has 2 rings (SSSR count). The minimum absolute atomic E-state index is 0.0717. The number of imidazole rings is 1. The van der Waals surface area contributed by atoms with E-state index in [9.17, 15) is 4.79 Å². The summed E-state index contributed by atoms with van der Waals surface area (Å²) in [6, 6.07) is 1.74. The van der Waals surface area contributed by atoms with Gasteiger partial charge in [0, 0.05) is 25.5 Å². The van der Waals surface area contributed by atoms with Crippen LogP contribution in [0.1, 0.15) is 5.76 Å². The molecule has 74 valence electrons. The summed E-state index contributed by atoms with van der Waals surface area (Å²) in [4.78, 5) is 11.4. The Labute approximate surface area is 88.1 Å². The minimum Gasteiger partial charge on any atom is -0.358 e. The second kappa shape index (κ2) is 3.45. The maximum absolute atomic E-state index is 11.4. The first-order valence-electron chi connectivity index (χ1n) is 3.99. The van der Waals surface area contributed by atoms with Crippen LogP contribution in [0.25, 0.3) is 0 Å². The van der Waals surface area contributed by atoms with E-state index in [0.29, 0.717) is 16.9 Å². The van der Waals surface area contributed by atoms with E-state index in [4.69, 9.17) is 4.52 Å². The maximum atomic E-state index is 11.4. The van der Waals surface area contributed by atoms with E-state index in [1.54, 1.807) is 30.1 Å². The van der Waals surface area contributed by atoms with Crippen molar-refractivity contribution in [2.45, 2.75) is 6.54 Å². The van der Waals surface area contributed by atoms with Crippen molar-refractivity contribution in [3.8, 4) is 0 Å². The van der Waals surface area contributed by atoms with Crippen molar-refractivity contribution in [1.82, 2.24) is 14.3 Å². The molecule has 0 bridgehead atoms. The van der Waals surface area contributed by atoms with E-state index in [2.05, 4.69) is 21.1 Å². The van der Waals surface area contributed by atoms with Crippen LogP contribution in [0.2, 0.25) is 0 Å². The lowest BCUT2D eigenvalue weighted by Gasteiger charge is -1.94. The van der Waals surface area contributed by atoms with Gasteiger partial charge in [0.05, 0.1) is 6.54 Å². The van der Waals surface area contributed by atoms with Gasteiger partial charge in [-0.1, -0.05) is 5.16 Å². The molecule has 0 aliphatic rings. The van der Waals surface area contributed by atoms with Crippen molar-refractivity contribution >= 4 is 15.9 Å². The summed E-state index contributed by atoms with van der Waals surface area (Å²) in [5.74, 6) is 0.644. The zero-order valence-corrected chi connectivity index (χ0v) is 9.06. The first-order chi connectivity index (χ1) is 6.66. The molecule has 6 heteroatoms. The van der Waals surface area contributed by atoms with Crippen LogP contribution in [0.4, 0.5) is 0 Å². The number of nitrogens with zero attached hydrogens (tertiary/aromatic N) is 3. The molecule has 0 aliphatic carbocycles. The lowest BCUT2D eigenvalue weighted by atomic mass is 10.4. The number of halogens is 1. The van der Waals surface area contributed by atoms with Crippen molar-refractivity contribution in [2.24, 2.45) is 7.05 Å². The van der Waals surface area contributed by atoms with E-state index in [1.165, 1.54) is 4.57 Å². The van der Waals surface area contributed by atoms with Gasteiger partial charge < -0.3 is 9.09 Å². The van der Waals surface area contributed by atoms with E-state index in [0.717, 1.165) is 0 Å². The van der Waals surface area contributed by atoms with E-state index in [1.807, 2.05) is 0 Å². The van der Waals surface area contributed by atoms with Gasteiger partial charge in [-0.25, -0.2) is 4.79 Å². The van der Waals surface area contributed by atoms with E-state index >= 15 is 0 Å². The van der Waals surface area contributed by atoms with Crippen molar-refractivity contribution in [3.63, 3.8) is 0 Å². The van der Waals surface area contributed by atoms with Gasteiger partial charge in [-0.3, -0.25) is 4.57 Å². The fourth-order valence-electron chi connectivity index (χ4n) is 1.16. The first kappa shape index (κ1) is 9.26. The monoisotopic (exact) mass is 257 g/mol. The lowest BCUT2D eigenvalue weighted by molar-refractivity contribution is 0.371. The summed E-state index contributed by atoms with van der Waals surface area (Å²) in [5.41, 5.74) is -0.0717. The molecule has 0 saturated heterocycles. The molecule has 0 atom stereocenters. The molecule has 5 nitrogen and oxygen atoms in total. The zero-order chi connectivity index (χ0) is 10.1. The Morgan fingerprint density at radius 3 is 2.86 bits per heavy atom. The van der Waals surface area contributed by atoms with Crippen LogP contribution in [-0.2, 0) is 13.6 Å². The van der Waals surface area contributed by atoms with E-state index in [-0.39, 0.29) is 5.69 Å². The highest BCUT2D eigenvalue weighted by atomic mass is 79.9. The quantitative estimate of drug-likeness (QED) is 0.807. The Bertz CT molecular complexity index is 497. The highest BCUT2D eigenvalue weighted by Gasteiger charge is 2.05. The first-order valence-corrected chi connectivity index (χ1v) is 4.79. The van der Waals surface area contributed by atoms with Gasteiger partial charge in [0.15, 0.2) is 5.76 Å². The van der Waals surface area contributed by atoms with Crippen LogP contribution in [-0.4, -0.2) is 14.3 Å². The average Bonchev–Trinajstić information content (AvgIpc) is 2.67. The summed E-state index contributed by atoms with van der Waals surface area (Å²) < 4.78 is 8.66. The van der Waals surface area contributed by atoms with Gasteiger partial charge >= 0.3 is 5.69 Å². The van der Waals surface area contributed by atoms with Crippen LogP contribution in [0.15, 0.2) is 32.4 Å².